The maximum atomic E-state index is 14.7. The molecule has 1 atom stereocenters. The van der Waals surface area contributed by atoms with Crippen LogP contribution < -0.4 is 5.73 Å². The second kappa shape index (κ2) is 7.02. The van der Waals surface area contributed by atoms with Crippen LogP contribution in [0.1, 0.15) is 22.9 Å². The van der Waals surface area contributed by atoms with Gasteiger partial charge in [-0.1, -0.05) is 18.2 Å². The van der Waals surface area contributed by atoms with E-state index in [-0.39, 0.29) is 22.5 Å². The van der Waals surface area contributed by atoms with Crippen molar-refractivity contribution in [3.63, 3.8) is 0 Å². The molecule has 1 amide bonds. The van der Waals surface area contributed by atoms with Gasteiger partial charge >= 0.3 is 6.18 Å². The lowest BCUT2D eigenvalue weighted by Gasteiger charge is -2.15. The van der Waals surface area contributed by atoms with Gasteiger partial charge in [-0.25, -0.2) is 8.78 Å². The van der Waals surface area contributed by atoms with Crippen molar-refractivity contribution >= 4 is 5.91 Å². The second-order valence-electron chi connectivity index (χ2n) is 5.98. The molecule has 0 aliphatic heterocycles. The number of amides is 1. The fourth-order valence-corrected chi connectivity index (χ4v) is 2.82. The summed E-state index contributed by atoms with van der Waals surface area (Å²) in [7, 11) is 1.23. The summed E-state index contributed by atoms with van der Waals surface area (Å²) in [5.74, 6) is -3.99. The van der Waals surface area contributed by atoms with E-state index in [0.717, 1.165) is 23.0 Å². The molecule has 2 heterocycles. The number of aromatic nitrogens is 3. The third-order valence-corrected chi connectivity index (χ3v) is 4.12. The number of rotatable bonds is 4. The fraction of sp³-hybridized carbons (Fsp3) is 0.167. The van der Waals surface area contributed by atoms with E-state index in [1.54, 1.807) is 0 Å². The minimum atomic E-state index is -4.69. The molecule has 3 rings (SSSR count). The summed E-state index contributed by atoms with van der Waals surface area (Å²) in [6.45, 7) is 0. The van der Waals surface area contributed by atoms with Crippen LogP contribution in [0.5, 0.6) is 0 Å². The third-order valence-electron chi connectivity index (χ3n) is 4.12. The van der Waals surface area contributed by atoms with Gasteiger partial charge in [-0.05, 0) is 18.2 Å². The van der Waals surface area contributed by atoms with Gasteiger partial charge in [0.15, 0.2) is 5.69 Å². The van der Waals surface area contributed by atoms with E-state index < -0.39 is 35.3 Å². The number of hydrogen-bond acceptors (Lipinski definition) is 3. The molecule has 0 aliphatic rings. The fourth-order valence-electron chi connectivity index (χ4n) is 2.82. The molecule has 0 radical (unpaired) electrons. The summed E-state index contributed by atoms with van der Waals surface area (Å²) in [5, 5.41) is 3.32. The second-order valence-corrected chi connectivity index (χ2v) is 5.98. The molecule has 1 unspecified atom stereocenters. The zero-order chi connectivity index (χ0) is 20.6. The Kier molecular flexibility index (Phi) is 4.88. The highest BCUT2D eigenvalue weighted by Crippen LogP contribution is 2.33. The lowest BCUT2D eigenvalue weighted by atomic mass is 9.93. The number of nitrogens with two attached hydrogens (primary N) is 1. The topological polar surface area (TPSA) is 73.8 Å². The predicted octanol–water partition coefficient (Wildman–Crippen LogP) is 3.40. The minimum absolute atomic E-state index is 0.0884. The van der Waals surface area contributed by atoms with Crippen molar-refractivity contribution in [3.8, 4) is 11.3 Å². The Balaban J connectivity index is 2.06. The number of nitrogens with zero attached hydrogens (tertiary/aromatic N) is 3. The lowest BCUT2D eigenvalue weighted by Crippen LogP contribution is -2.24. The number of pyridine rings is 1. The van der Waals surface area contributed by atoms with Gasteiger partial charge in [0.05, 0.1) is 17.0 Å². The van der Waals surface area contributed by atoms with Crippen LogP contribution in [0, 0.1) is 11.6 Å². The molecule has 0 fully saturated rings. The zero-order valence-corrected chi connectivity index (χ0v) is 14.3. The SMILES string of the molecule is Cn1nc(C(F)(F)F)cc1-c1cnc(C(C(N)=O)c2ccccc2F)cc1F. The molecule has 0 aliphatic carbocycles. The van der Waals surface area contributed by atoms with E-state index >= 15 is 0 Å². The van der Waals surface area contributed by atoms with Crippen molar-refractivity contribution in [3.05, 3.63) is 71.2 Å². The first-order valence-electron chi connectivity index (χ1n) is 7.90. The van der Waals surface area contributed by atoms with E-state index in [1.165, 1.54) is 25.2 Å². The Morgan fingerprint density at radius 2 is 1.82 bits per heavy atom. The lowest BCUT2D eigenvalue weighted by molar-refractivity contribution is -0.141. The van der Waals surface area contributed by atoms with Crippen LogP contribution in [0.2, 0.25) is 0 Å². The smallest absolute Gasteiger partial charge is 0.369 e. The number of halogens is 5. The van der Waals surface area contributed by atoms with Crippen molar-refractivity contribution in [1.29, 1.82) is 0 Å². The van der Waals surface area contributed by atoms with Crippen LogP contribution in [-0.4, -0.2) is 20.7 Å². The van der Waals surface area contributed by atoms with Gasteiger partial charge in [-0.2, -0.15) is 18.3 Å². The monoisotopic (exact) mass is 396 g/mol. The van der Waals surface area contributed by atoms with Gasteiger partial charge in [0.2, 0.25) is 5.91 Å². The average molecular weight is 396 g/mol. The molecule has 0 saturated carbocycles. The van der Waals surface area contributed by atoms with E-state index in [1.807, 2.05) is 0 Å². The number of aryl methyl sites for hydroxylation is 1. The zero-order valence-electron chi connectivity index (χ0n) is 14.3. The highest BCUT2D eigenvalue weighted by atomic mass is 19.4. The van der Waals surface area contributed by atoms with Gasteiger partial charge in [0, 0.05) is 18.8 Å². The van der Waals surface area contributed by atoms with Crippen LogP contribution in [0.25, 0.3) is 11.3 Å². The van der Waals surface area contributed by atoms with Gasteiger partial charge in [0.1, 0.15) is 17.6 Å². The Hall–Kier alpha value is -3.30. The Morgan fingerprint density at radius 1 is 1.14 bits per heavy atom. The summed E-state index contributed by atoms with van der Waals surface area (Å²) < 4.78 is 68.0. The molecule has 3 aromatic rings. The largest absolute Gasteiger partial charge is 0.435 e. The number of alkyl halides is 3. The minimum Gasteiger partial charge on any atom is -0.369 e. The molecular weight excluding hydrogens is 383 g/mol. The van der Waals surface area contributed by atoms with E-state index in [2.05, 4.69) is 10.1 Å². The number of primary amides is 1. The first kappa shape index (κ1) is 19.5. The van der Waals surface area contributed by atoms with Crippen molar-refractivity contribution in [2.24, 2.45) is 12.8 Å². The van der Waals surface area contributed by atoms with Crippen molar-refractivity contribution in [2.45, 2.75) is 12.1 Å². The third kappa shape index (κ3) is 3.57. The molecule has 10 heteroatoms. The van der Waals surface area contributed by atoms with Gasteiger partial charge in [0.25, 0.3) is 0 Å². The Bertz CT molecular complexity index is 1040. The molecular formula is C18H13F5N4O. The summed E-state index contributed by atoms with van der Waals surface area (Å²) in [5.41, 5.74) is 3.47. The van der Waals surface area contributed by atoms with Crippen LogP contribution in [0.4, 0.5) is 22.0 Å². The van der Waals surface area contributed by atoms with E-state index in [4.69, 9.17) is 5.73 Å². The highest BCUT2D eigenvalue weighted by molar-refractivity contribution is 5.85. The highest BCUT2D eigenvalue weighted by Gasteiger charge is 2.35. The van der Waals surface area contributed by atoms with Gasteiger partial charge < -0.3 is 5.73 Å². The molecule has 2 N–H and O–H groups in total. The molecule has 28 heavy (non-hydrogen) atoms. The molecule has 5 nitrogen and oxygen atoms in total. The van der Waals surface area contributed by atoms with Crippen LogP contribution >= 0.6 is 0 Å². The predicted molar refractivity (Wildman–Crippen MR) is 88.8 cm³/mol. The quantitative estimate of drug-likeness (QED) is 0.687. The number of carbonyl (C=O) groups is 1. The maximum absolute atomic E-state index is 14.7. The van der Waals surface area contributed by atoms with Crippen molar-refractivity contribution < 1.29 is 26.7 Å². The molecule has 0 spiro atoms. The summed E-state index contributed by atoms with van der Waals surface area (Å²) in [6, 6.07) is 6.85. The number of benzene rings is 1. The molecule has 1 aromatic carbocycles. The first-order chi connectivity index (χ1) is 13.1. The number of carbonyl (C=O) groups excluding carboxylic acids is 1. The van der Waals surface area contributed by atoms with Crippen LogP contribution in [0.3, 0.4) is 0 Å². The summed E-state index contributed by atoms with van der Waals surface area (Å²) >= 11 is 0. The molecule has 146 valence electrons. The standard InChI is InChI=1S/C18H13F5N4O/c1-27-14(7-15(26-27)18(21,22)23)10-8-25-13(6-12(10)20)16(17(24)28)9-4-2-3-5-11(9)19/h2-8,16H,1H3,(H2,24,28). The van der Waals surface area contributed by atoms with Crippen molar-refractivity contribution in [2.75, 3.05) is 0 Å². The van der Waals surface area contributed by atoms with Crippen LogP contribution in [0.15, 0.2) is 42.6 Å². The Morgan fingerprint density at radius 3 is 2.36 bits per heavy atom. The molecule has 2 aromatic heterocycles. The van der Waals surface area contributed by atoms with Crippen LogP contribution in [-0.2, 0) is 18.0 Å². The summed E-state index contributed by atoms with van der Waals surface area (Å²) in [6.07, 6.45) is -3.74. The van der Waals surface area contributed by atoms with Gasteiger partial charge in [-0.3, -0.25) is 14.5 Å². The Labute approximate surface area is 155 Å². The number of hydrogen-bond donors (Lipinski definition) is 1. The molecule has 0 saturated heterocycles. The first-order valence-corrected chi connectivity index (χ1v) is 7.90. The van der Waals surface area contributed by atoms with E-state index in [9.17, 15) is 26.7 Å². The van der Waals surface area contributed by atoms with Crippen molar-refractivity contribution in [1.82, 2.24) is 14.8 Å². The van der Waals surface area contributed by atoms with Gasteiger partial charge in [-0.15, -0.1) is 0 Å². The summed E-state index contributed by atoms with van der Waals surface area (Å²) in [4.78, 5) is 15.8. The average Bonchev–Trinajstić information content (AvgIpc) is 2.99. The van der Waals surface area contributed by atoms with E-state index in [0.29, 0.717) is 6.07 Å². The normalized spacial score (nSPS) is 12.8. The molecule has 0 bridgehead atoms. The maximum Gasteiger partial charge on any atom is 0.435 e.